The zero-order chi connectivity index (χ0) is 13.7. The molecule has 102 valence electrons. The fourth-order valence-electron chi connectivity index (χ4n) is 1.88. The van der Waals surface area contributed by atoms with Crippen molar-refractivity contribution in [3.8, 4) is 5.75 Å². The zero-order valence-electron chi connectivity index (χ0n) is 11.2. The van der Waals surface area contributed by atoms with Crippen molar-refractivity contribution < 1.29 is 4.74 Å². The van der Waals surface area contributed by atoms with Crippen molar-refractivity contribution in [1.82, 2.24) is 5.32 Å². The maximum absolute atomic E-state index is 5.84. The summed E-state index contributed by atoms with van der Waals surface area (Å²) in [5.41, 5.74) is 1.26. The van der Waals surface area contributed by atoms with Gasteiger partial charge in [0.1, 0.15) is 12.4 Å². The average molecular weight is 340 g/mol. The van der Waals surface area contributed by atoms with Gasteiger partial charge < -0.3 is 10.1 Å². The van der Waals surface area contributed by atoms with Crippen LogP contribution < -0.4 is 10.1 Å². The highest BCUT2D eigenvalue weighted by Crippen LogP contribution is 2.23. The fourth-order valence-corrected chi connectivity index (χ4v) is 3.24. The van der Waals surface area contributed by atoms with Crippen molar-refractivity contribution in [3.63, 3.8) is 0 Å². The Kier molecular flexibility index (Phi) is 5.43. The number of rotatable bonds is 6. The summed E-state index contributed by atoms with van der Waals surface area (Å²) in [6.45, 7) is 5.87. The van der Waals surface area contributed by atoms with Crippen molar-refractivity contribution in [2.24, 2.45) is 0 Å². The first-order valence-corrected chi connectivity index (χ1v) is 8.05. The summed E-state index contributed by atoms with van der Waals surface area (Å²) in [6, 6.07) is 10.7. The summed E-state index contributed by atoms with van der Waals surface area (Å²) < 4.78 is 6.95. The van der Waals surface area contributed by atoms with E-state index in [0.717, 1.165) is 16.8 Å². The normalized spacial score (nSPS) is 12.4. The molecule has 0 radical (unpaired) electrons. The lowest BCUT2D eigenvalue weighted by atomic mass is 10.1. The Bertz CT molecular complexity index is 526. The van der Waals surface area contributed by atoms with Crippen LogP contribution in [0, 0.1) is 0 Å². The van der Waals surface area contributed by atoms with Crippen LogP contribution in [-0.2, 0) is 6.61 Å². The van der Waals surface area contributed by atoms with E-state index in [-0.39, 0.29) is 0 Å². The number of nitrogens with one attached hydrogen (secondary N) is 1. The molecule has 0 saturated heterocycles. The number of thiophene rings is 1. The molecule has 0 saturated carbocycles. The second-order valence-electron chi connectivity index (χ2n) is 4.37. The van der Waals surface area contributed by atoms with Crippen LogP contribution in [0.5, 0.6) is 5.75 Å². The maximum atomic E-state index is 5.84. The highest BCUT2D eigenvalue weighted by molar-refractivity contribution is 9.10. The topological polar surface area (TPSA) is 21.3 Å². The first kappa shape index (κ1) is 14.6. The van der Waals surface area contributed by atoms with Crippen molar-refractivity contribution in [2.75, 3.05) is 6.54 Å². The van der Waals surface area contributed by atoms with Gasteiger partial charge in [0, 0.05) is 20.8 Å². The molecule has 0 bridgehead atoms. The number of ether oxygens (including phenoxy) is 1. The number of hydrogen-bond donors (Lipinski definition) is 1. The van der Waals surface area contributed by atoms with E-state index in [2.05, 4.69) is 58.7 Å². The van der Waals surface area contributed by atoms with Crippen LogP contribution >= 0.6 is 27.3 Å². The maximum Gasteiger partial charge on any atom is 0.122 e. The molecule has 0 aliphatic rings. The van der Waals surface area contributed by atoms with Crippen LogP contribution in [0.2, 0.25) is 0 Å². The quantitative estimate of drug-likeness (QED) is 0.819. The van der Waals surface area contributed by atoms with E-state index in [4.69, 9.17) is 4.74 Å². The summed E-state index contributed by atoms with van der Waals surface area (Å²) in [5, 5.41) is 5.48. The molecular formula is C15H18BrNOS. The van der Waals surface area contributed by atoms with Gasteiger partial charge in [-0.1, -0.05) is 19.1 Å². The van der Waals surface area contributed by atoms with Crippen LogP contribution in [0.3, 0.4) is 0 Å². The third-order valence-electron chi connectivity index (χ3n) is 2.87. The van der Waals surface area contributed by atoms with Crippen LogP contribution in [0.4, 0.5) is 0 Å². The van der Waals surface area contributed by atoms with E-state index in [1.807, 2.05) is 12.1 Å². The van der Waals surface area contributed by atoms with Crippen LogP contribution in [-0.4, -0.2) is 6.54 Å². The van der Waals surface area contributed by atoms with Gasteiger partial charge in [-0.15, -0.1) is 11.3 Å². The molecule has 0 amide bonds. The monoisotopic (exact) mass is 339 g/mol. The molecule has 1 N–H and O–H groups in total. The molecule has 1 heterocycles. The van der Waals surface area contributed by atoms with E-state index in [0.29, 0.717) is 12.6 Å². The fraction of sp³-hybridized carbons (Fsp3) is 0.333. The Morgan fingerprint density at radius 2 is 2.21 bits per heavy atom. The Hall–Kier alpha value is -0.840. The van der Waals surface area contributed by atoms with E-state index in [9.17, 15) is 0 Å². The summed E-state index contributed by atoms with van der Waals surface area (Å²) in [5.74, 6) is 0.923. The van der Waals surface area contributed by atoms with Gasteiger partial charge in [-0.3, -0.25) is 0 Å². The van der Waals surface area contributed by atoms with Crippen molar-refractivity contribution in [1.29, 1.82) is 0 Å². The smallest absolute Gasteiger partial charge is 0.122 e. The molecule has 1 atom stereocenters. The lowest BCUT2D eigenvalue weighted by Crippen LogP contribution is -2.17. The molecule has 0 spiro atoms. The van der Waals surface area contributed by atoms with E-state index in [1.54, 1.807) is 11.3 Å². The van der Waals surface area contributed by atoms with Crippen LogP contribution in [0.15, 0.2) is 40.2 Å². The minimum atomic E-state index is 0.351. The predicted molar refractivity (Wildman–Crippen MR) is 84.9 cm³/mol. The van der Waals surface area contributed by atoms with Gasteiger partial charge in [-0.25, -0.2) is 0 Å². The summed E-state index contributed by atoms with van der Waals surface area (Å²) in [6.07, 6.45) is 0. The highest BCUT2D eigenvalue weighted by atomic mass is 79.9. The number of hydrogen-bond acceptors (Lipinski definition) is 3. The molecular weight excluding hydrogens is 322 g/mol. The summed E-state index contributed by atoms with van der Waals surface area (Å²) >= 11 is 5.16. The zero-order valence-corrected chi connectivity index (χ0v) is 13.6. The standard InChI is InChI=1S/C15H18BrNOS/c1-3-17-11(2)12-5-4-6-14(7-12)18-9-15-8-13(16)10-19-15/h4-8,10-11,17H,3,9H2,1-2H3. The Labute approximate surface area is 126 Å². The van der Waals surface area contributed by atoms with Crippen LogP contribution in [0.1, 0.15) is 30.3 Å². The lowest BCUT2D eigenvalue weighted by molar-refractivity contribution is 0.309. The molecule has 2 rings (SSSR count). The summed E-state index contributed by atoms with van der Waals surface area (Å²) in [4.78, 5) is 1.22. The Balaban J connectivity index is 1.98. The van der Waals surface area contributed by atoms with E-state index >= 15 is 0 Å². The third-order valence-corrected chi connectivity index (χ3v) is 4.54. The number of benzene rings is 1. The van der Waals surface area contributed by atoms with Gasteiger partial charge >= 0.3 is 0 Å². The Morgan fingerprint density at radius 3 is 2.89 bits per heavy atom. The number of halogens is 1. The van der Waals surface area contributed by atoms with Gasteiger partial charge in [-0.05, 0) is 53.2 Å². The molecule has 0 fully saturated rings. The molecule has 0 aliphatic carbocycles. The van der Waals surface area contributed by atoms with Crippen molar-refractivity contribution in [3.05, 3.63) is 50.6 Å². The van der Waals surface area contributed by atoms with E-state index < -0.39 is 0 Å². The third kappa shape index (κ3) is 4.34. The molecule has 2 aromatic rings. The average Bonchev–Trinajstić information content (AvgIpc) is 2.83. The minimum absolute atomic E-state index is 0.351. The Morgan fingerprint density at radius 1 is 1.37 bits per heavy atom. The first-order chi connectivity index (χ1) is 9.19. The first-order valence-electron chi connectivity index (χ1n) is 6.38. The van der Waals surface area contributed by atoms with Gasteiger partial charge in [0.25, 0.3) is 0 Å². The lowest BCUT2D eigenvalue weighted by Gasteiger charge is -2.14. The van der Waals surface area contributed by atoms with E-state index in [1.165, 1.54) is 10.4 Å². The largest absolute Gasteiger partial charge is 0.488 e. The van der Waals surface area contributed by atoms with Gasteiger partial charge in [0.2, 0.25) is 0 Å². The second-order valence-corrected chi connectivity index (χ2v) is 6.28. The van der Waals surface area contributed by atoms with Gasteiger partial charge in [0.05, 0.1) is 0 Å². The van der Waals surface area contributed by atoms with Crippen molar-refractivity contribution >= 4 is 27.3 Å². The molecule has 1 aromatic heterocycles. The molecule has 0 aliphatic heterocycles. The van der Waals surface area contributed by atoms with Gasteiger partial charge in [-0.2, -0.15) is 0 Å². The minimum Gasteiger partial charge on any atom is -0.488 e. The predicted octanol–water partition coefficient (Wildman–Crippen LogP) is 4.76. The molecule has 2 nitrogen and oxygen atoms in total. The molecule has 19 heavy (non-hydrogen) atoms. The molecule has 4 heteroatoms. The molecule has 1 aromatic carbocycles. The molecule has 1 unspecified atom stereocenters. The van der Waals surface area contributed by atoms with Gasteiger partial charge in [0.15, 0.2) is 0 Å². The SMILES string of the molecule is CCNC(C)c1cccc(OCc2cc(Br)cs2)c1. The highest BCUT2D eigenvalue weighted by Gasteiger charge is 2.05. The summed E-state index contributed by atoms with van der Waals surface area (Å²) in [7, 11) is 0. The van der Waals surface area contributed by atoms with Crippen LogP contribution in [0.25, 0.3) is 0 Å². The second kappa shape index (κ2) is 7.08. The van der Waals surface area contributed by atoms with Crippen molar-refractivity contribution in [2.45, 2.75) is 26.5 Å².